The van der Waals surface area contributed by atoms with E-state index in [0.717, 1.165) is 37.0 Å². The van der Waals surface area contributed by atoms with Gasteiger partial charge in [0.25, 0.3) is 0 Å². The molecule has 1 aromatic heterocycles. The molecule has 1 aromatic rings. The van der Waals surface area contributed by atoms with Crippen molar-refractivity contribution in [2.75, 3.05) is 0 Å². The highest BCUT2D eigenvalue weighted by Crippen LogP contribution is 2.39. The Labute approximate surface area is 184 Å². The maximum absolute atomic E-state index is 14.1. The first-order valence-corrected chi connectivity index (χ1v) is 10.9. The fourth-order valence-electron chi connectivity index (χ4n) is 4.97. The number of hydrogen-bond donors (Lipinski definition) is 2. The largest absolute Gasteiger partial charge is 0.479 e. The lowest BCUT2D eigenvalue weighted by molar-refractivity contribution is -0.140. The molecule has 9 heteroatoms. The molecule has 0 aromatic carbocycles. The fourth-order valence-corrected chi connectivity index (χ4v) is 5.17. The van der Waals surface area contributed by atoms with E-state index in [2.05, 4.69) is 15.4 Å². The molecule has 2 aliphatic heterocycles. The van der Waals surface area contributed by atoms with Gasteiger partial charge < -0.3 is 10.4 Å². The van der Waals surface area contributed by atoms with E-state index in [9.17, 15) is 14.3 Å². The van der Waals surface area contributed by atoms with Gasteiger partial charge in [-0.25, -0.2) is 14.2 Å². The van der Waals surface area contributed by atoms with E-state index in [1.165, 1.54) is 6.07 Å². The summed E-state index contributed by atoms with van der Waals surface area (Å²) in [4.78, 5) is 18.2. The summed E-state index contributed by atoms with van der Waals surface area (Å²) in [6.07, 6.45) is 11.3. The van der Waals surface area contributed by atoms with Gasteiger partial charge in [0.2, 0.25) is 0 Å². The summed E-state index contributed by atoms with van der Waals surface area (Å²) in [5.41, 5.74) is 2.08. The van der Waals surface area contributed by atoms with Crippen molar-refractivity contribution in [3.05, 3.63) is 64.2 Å². The molecule has 1 fully saturated rings. The molecule has 31 heavy (non-hydrogen) atoms. The van der Waals surface area contributed by atoms with E-state index in [0.29, 0.717) is 29.4 Å². The van der Waals surface area contributed by atoms with Gasteiger partial charge >= 0.3 is 5.97 Å². The van der Waals surface area contributed by atoms with E-state index in [4.69, 9.17) is 11.6 Å². The van der Waals surface area contributed by atoms with Gasteiger partial charge in [-0.2, -0.15) is 5.10 Å². The first-order chi connectivity index (χ1) is 15.0. The van der Waals surface area contributed by atoms with E-state index in [1.54, 1.807) is 23.5 Å². The number of pyridine rings is 1. The summed E-state index contributed by atoms with van der Waals surface area (Å²) < 4.78 is 14.1. The number of hydrogen-bond acceptors (Lipinski definition) is 6. The number of carboxylic acids is 1. The van der Waals surface area contributed by atoms with E-state index in [-0.39, 0.29) is 17.8 Å². The summed E-state index contributed by atoms with van der Waals surface area (Å²) in [5.74, 6) is -0.371. The molecule has 4 aliphatic rings. The molecule has 0 spiro atoms. The minimum Gasteiger partial charge on any atom is -0.479 e. The minimum absolute atomic E-state index is 0.0920. The number of fused-ring (bicyclic) bond motifs is 1. The summed E-state index contributed by atoms with van der Waals surface area (Å²) in [7, 11) is 0. The zero-order valence-electron chi connectivity index (χ0n) is 16.8. The molecule has 1 unspecified atom stereocenters. The van der Waals surface area contributed by atoms with Crippen LogP contribution >= 0.6 is 11.6 Å². The van der Waals surface area contributed by atoms with Crippen molar-refractivity contribution >= 4 is 23.9 Å². The zero-order valence-corrected chi connectivity index (χ0v) is 17.6. The summed E-state index contributed by atoms with van der Waals surface area (Å²) in [6, 6.07) is 2.35. The highest BCUT2D eigenvalue weighted by atomic mass is 35.5. The van der Waals surface area contributed by atoms with Crippen molar-refractivity contribution < 1.29 is 14.3 Å². The number of rotatable bonds is 3. The first kappa shape index (κ1) is 20.1. The van der Waals surface area contributed by atoms with Gasteiger partial charge in [0.15, 0.2) is 6.04 Å². The Morgan fingerprint density at radius 3 is 2.81 bits per heavy atom. The third kappa shape index (κ3) is 3.59. The summed E-state index contributed by atoms with van der Waals surface area (Å²) in [6.45, 7) is 0. The maximum atomic E-state index is 14.1. The van der Waals surface area contributed by atoms with Crippen LogP contribution in [0.1, 0.15) is 50.1 Å². The predicted octanol–water partition coefficient (Wildman–Crippen LogP) is 3.83. The molecular weight excluding hydrogens is 421 g/mol. The van der Waals surface area contributed by atoms with E-state index < -0.39 is 12.0 Å². The van der Waals surface area contributed by atoms with E-state index >= 15 is 0 Å². The van der Waals surface area contributed by atoms with Crippen LogP contribution in [0.4, 0.5) is 4.39 Å². The lowest BCUT2D eigenvalue weighted by atomic mass is 9.83. The monoisotopic (exact) mass is 443 g/mol. The van der Waals surface area contributed by atoms with Crippen molar-refractivity contribution in [2.45, 2.75) is 56.5 Å². The smallest absolute Gasteiger partial charge is 0.331 e. The predicted molar refractivity (Wildman–Crippen MR) is 114 cm³/mol. The standard InChI is InChI=1S/C22H23ClFN5O2/c23-14-5-8-16-18(10-14)26-11-19-28(21(16)22(30)31)12-27-29(19)15-6-3-13(4-7-15)20-17(24)2-1-9-25-20/h1-2,9-13,15,21,26H,3-8H2,(H,30,31)/t13-,15+,21?. The third-order valence-electron chi connectivity index (χ3n) is 6.49. The van der Waals surface area contributed by atoms with Crippen LogP contribution in [0.25, 0.3) is 0 Å². The van der Waals surface area contributed by atoms with Gasteiger partial charge in [-0.05, 0) is 62.3 Å². The molecule has 1 saturated carbocycles. The molecule has 162 valence electrons. The van der Waals surface area contributed by atoms with Crippen LogP contribution in [0.15, 0.2) is 57.8 Å². The Balaban J connectivity index is 1.35. The lowest BCUT2D eigenvalue weighted by Gasteiger charge is -2.35. The van der Waals surface area contributed by atoms with Crippen molar-refractivity contribution in [1.82, 2.24) is 20.2 Å². The average molecular weight is 444 g/mol. The molecule has 2 aliphatic carbocycles. The second kappa shape index (κ2) is 8.00. The summed E-state index contributed by atoms with van der Waals surface area (Å²) >= 11 is 6.20. The number of aromatic nitrogens is 1. The normalized spacial score (nSPS) is 27.7. The molecule has 0 saturated heterocycles. The molecule has 3 heterocycles. The molecule has 5 rings (SSSR count). The second-order valence-corrected chi connectivity index (χ2v) is 8.76. The topological polar surface area (TPSA) is 81.1 Å². The maximum Gasteiger partial charge on any atom is 0.331 e. The fraction of sp³-hybridized carbons (Fsp3) is 0.409. The number of allylic oxidation sites excluding steroid dienone is 2. The quantitative estimate of drug-likeness (QED) is 0.738. The van der Waals surface area contributed by atoms with Crippen molar-refractivity contribution in [1.29, 1.82) is 0 Å². The molecule has 2 N–H and O–H groups in total. The van der Waals surface area contributed by atoms with Crippen molar-refractivity contribution in [3.63, 3.8) is 0 Å². The van der Waals surface area contributed by atoms with Gasteiger partial charge in [-0.3, -0.25) is 9.88 Å². The molecule has 7 nitrogen and oxygen atoms in total. The molecule has 1 atom stereocenters. The average Bonchev–Trinajstić information content (AvgIpc) is 3.10. The lowest BCUT2D eigenvalue weighted by Crippen LogP contribution is -2.43. The SMILES string of the molecule is O=C(O)C1C2=C(C=C(Cl)CC2)NC=C2N1C=NN2[C@H]1CC[C@@H](c2ncccc2F)CC1. The number of halogens is 2. The van der Waals surface area contributed by atoms with Crippen LogP contribution in [0, 0.1) is 5.82 Å². The molecular formula is C22H23ClFN5O2. The van der Waals surface area contributed by atoms with Gasteiger partial charge in [-0.15, -0.1) is 0 Å². The Morgan fingerprint density at radius 1 is 1.26 bits per heavy atom. The minimum atomic E-state index is -0.920. The van der Waals surface area contributed by atoms with Crippen LogP contribution in [0.3, 0.4) is 0 Å². The highest BCUT2D eigenvalue weighted by Gasteiger charge is 2.41. The van der Waals surface area contributed by atoms with Gasteiger partial charge in [0, 0.05) is 29.0 Å². The summed E-state index contributed by atoms with van der Waals surface area (Å²) in [5, 5.41) is 20.4. The Bertz CT molecular complexity index is 1030. The van der Waals surface area contributed by atoms with Gasteiger partial charge in [0.05, 0.1) is 11.7 Å². The Morgan fingerprint density at radius 2 is 2.06 bits per heavy atom. The number of carbonyl (C=O) groups is 1. The van der Waals surface area contributed by atoms with Crippen LogP contribution in [-0.2, 0) is 4.79 Å². The molecule has 0 radical (unpaired) electrons. The van der Waals surface area contributed by atoms with Crippen molar-refractivity contribution in [3.8, 4) is 0 Å². The second-order valence-electron chi connectivity index (χ2n) is 8.28. The molecule has 0 amide bonds. The number of carboxylic acid groups (broad SMARTS) is 1. The van der Waals surface area contributed by atoms with Crippen LogP contribution in [0.2, 0.25) is 0 Å². The number of aliphatic carboxylic acids is 1. The van der Waals surface area contributed by atoms with Crippen molar-refractivity contribution in [2.24, 2.45) is 5.10 Å². The number of hydrazone groups is 1. The number of nitrogens with zero attached hydrogens (tertiary/aromatic N) is 4. The van der Waals surface area contributed by atoms with Crippen LogP contribution in [-0.4, -0.2) is 44.4 Å². The zero-order chi connectivity index (χ0) is 21.5. The third-order valence-corrected chi connectivity index (χ3v) is 6.79. The van der Waals surface area contributed by atoms with Crippen LogP contribution < -0.4 is 5.32 Å². The Kier molecular flexibility index (Phi) is 5.17. The number of nitrogens with one attached hydrogen (secondary N) is 1. The molecule has 0 bridgehead atoms. The van der Waals surface area contributed by atoms with Crippen LogP contribution in [0.5, 0.6) is 0 Å². The Hall–Kier alpha value is -2.87. The van der Waals surface area contributed by atoms with Gasteiger partial charge in [-0.1, -0.05) is 11.6 Å². The van der Waals surface area contributed by atoms with Gasteiger partial charge in [0.1, 0.15) is 18.0 Å². The van der Waals surface area contributed by atoms with E-state index in [1.807, 2.05) is 17.3 Å². The highest BCUT2D eigenvalue weighted by molar-refractivity contribution is 6.29. The first-order valence-electron chi connectivity index (χ1n) is 10.5.